The number of hydrogen-bond acceptors (Lipinski definition) is 5. The minimum absolute atomic E-state index is 0.126. The van der Waals surface area contributed by atoms with Crippen LogP contribution in [0.4, 0.5) is 5.69 Å². The average molecular weight is 267 g/mol. The molecular formula is C14H9N3O3. The largest absolute Gasteiger partial charge is 0.475 e. The van der Waals surface area contributed by atoms with E-state index < -0.39 is 5.97 Å². The normalized spacial score (nSPS) is 9.50. The Bertz CT molecular complexity index is 735. The van der Waals surface area contributed by atoms with Crippen LogP contribution in [0.1, 0.15) is 27.4 Å². The lowest BCUT2D eigenvalue weighted by Crippen LogP contribution is -1.99. The zero-order valence-electron chi connectivity index (χ0n) is 10.3. The van der Waals surface area contributed by atoms with E-state index >= 15 is 0 Å². The molecule has 0 aliphatic rings. The molecule has 2 N–H and O–H groups in total. The quantitative estimate of drug-likeness (QED) is 0.879. The molecule has 1 aromatic heterocycles. The highest BCUT2D eigenvalue weighted by Gasteiger charge is 2.09. The number of nitrogens with zero attached hydrogens (tertiary/aromatic N) is 2. The fourth-order valence-electron chi connectivity index (χ4n) is 1.62. The van der Waals surface area contributed by atoms with Crippen molar-refractivity contribution in [1.29, 1.82) is 10.5 Å². The molecule has 0 amide bonds. The molecule has 2 aromatic rings. The van der Waals surface area contributed by atoms with E-state index in [1.165, 1.54) is 6.07 Å². The van der Waals surface area contributed by atoms with Gasteiger partial charge in [-0.3, -0.25) is 0 Å². The molecule has 1 aromatic carbocycles. The van der Waals surface area contributed by atoms with Crippen LogP contribution in [0.25, 0.3) is 0 Å². The maximum atomic E-state index is 10.7. The highest BCUT2D eigenvalue weighted by Crippen LogP contribution is 2.16. The Balaban J connectivity index is 2.09. The van der Waals surface area contributed by atoms with Gasteiger partial charge in [0.05, 0.1) is 17.7 Å². The van der Waals surface area contributed by atoms with E-state index in [-0.39, 0.29) is 17.9 Å². The van der Waals surface area contributed by atoms with Gasteiger partial charge in [0.15, 0.2) is 0 Å². The van der Waals surface area contributed by atoms with Crippen molar-refractivity contribution >= 4 is 11.7 Å². The zero-order chi connectivity index (χ0) is 14.5. The number of anilines is 1. The maximum Gasteiger partial charge on any atom is 0.371 e. The highest BCUT2D eigenvalue weighted by atomic mass is 16.4. The van der Waals surface area contributed by atoms with E-state index in [1.807, 2.05) is 12.1 Å². The van der Waals surface area contributed by atoms with Crippen molar-refractivity contribution in [2.45, 2.75) is 6.54 Å². The summed E-state index contributed by atoms with van der Waals surface area (Å²) in [5.41, 5.74) is 1.24. The van der Waals surface area contributed by atoms with E-state index in [9.17, 15) is 4.79 Å². The SMILES string of the molecule is N#Cc1ccc(NCc2ccc(C(=O)O)o2)cc1C#N. The fourth-order valence-corrected chi connectivity index (χ4v) is 1.62. The minimum Gasteiger partial charge on any atom is -0.475 e. The average Bonchev–Trinajstić information content (AvgIpc) is 2.94. The van der Waals surface area contributed by atoms with Crippen molar-refractivity contribution in [2.24, 2.45) is 0 Å². The summed E-state index contributed by atoms with van der Waals surface area (Å²) in [6, 6.07) is 11.6. The number of carboxylic acids is 1. The molecule has 98 valence electrons. The van der Waals surface area contributed by atoms with E-state index in [1.54, 1.807) is 24.3 Å². The van der Waals surface area contributed by atoms with Gasteiger partial charge in [-0.1, -0.05) is 0 Å². The number of carboxylic acid groups (broad SMARTS) is 1. The smallest absolute Gasteiger partial charge is 0.371 e. The standard InChI is InChI=1S/C14H9N3O3/c15-6-9-1-2-11(5-10(9)7-16)17-8-12-3-4-13(20-12)14(18)19/h1-5,17H,8H2,(H,18,19). The lowest BCUT2D eigenvalue weighted by atomic mass is 10.1. The summed E-state index contributed by atoms with van der Waals surface area (Å²) in [5.74, 6) is -0.786. The first-order valence-corrected chi connectivity index (χ1v) is 5.64. The molecule has 6 heteroatoms. The first-order valence-electron chi connectivity index (χ1n) is 5.64. The van der Waals surface area contributed by atoms with Crippen LogP contribution in [0.2, 0.25) is 0 Å². The Morgan fingerprint density at radius 2 is 1.95 bits per heavy atom. The molecule has 6 nitrogen and oxygen atoms in total. The van der Waals surface area contributed by atoms with Gasteiger partial charge in [0.1, 0.15) is 17.9 Å². The summed E-state index contributed by atoms with van der Waals surface area (Å²) < 4.78 is 5.09. The van der Waals surface area contributed by atoms with Crippen LogP contribution in [-0.2, 0) is 6.54 Å². The summed E-state index contributed by atoms with van der Waals surface area (Å²) in [7, 11) is 0. The van der Waals surface area contributed by atoms with Gasteiger partial charge in [-0.15, -0.1) is 0 Å². The van der Waals surface area contributed by atoms with Crippen LogP contribution < -0.4 is 5.32 Å². The van der Waals surface area contributed by atoms with Gasteiger partial charge in [-0.25, -0.2) is 4.79 Å². The third-order valence-electron chi connectivity index (χ3n) is 2.60. The summed E-state index contributed by atoms with van der Waals surface area (Å²) in [4.78, 5) is 10.7. The van der Waals surface area contributed by atoms with Gasteiger partial charge in [-0.2, -0.15) is 10.5 Å². The second kappa shape index (κ2) is 5.59. The Morgan fingerprint density at radius 1 is 1.20 bits per heavy atom. The first kappa shape index (κ1) is 13.2. The lowest BCUT2D eigenvalue weighted by molar-refractivity contribution is 0.0660. The number of hydrogen-bond donors (Lipinski definition) is 2. The van der Waals surface area contributed by atoms with Crippen LogP contribution in [0.15, 0.2) is 34.7 Å². The van der Waals surface area contributed by atoms with Crippen LogP contribution in [0.5, 0.6) is 0 Å². The van der Waals surface area contributed by atoms with E-state index in [4.69, 9.17) is 20.0 Å². The van der Waals surface area contributed by atoms with Crippen molar-refractivity contribution in [3.8, 4) is 12.1 Å². The van der Waals surface area contributed by atoms with Gasteiger partial charge < -0.3 is 14.8 Å². The van der Waals surface area contributed by atoms with Gasteiger partial charge >= 0.3 is 5.97 Å². The Hall–Kier alpha value is -3.25. The molecule has 1 heterocycles. The molecular weight excluding hydrogens is 258 g/mol. The Labute approximate surface area is 114 Å². The second-order valence-corrected chi connectivity index (χ2v) is 3.91. The van der Waals surface area contributed by atoms with Gasteiger partial charge in [0, 0.05) is 5.69 Å². The summed E-state index contributed by atoms with van der Waals surface area (Å²) >= 11 is 0. The molecule has 0 saturated heterocycles. The molecule has 0 aliphatic carbocycles. The van der Waals surface area contributed by atoms with Crippen molar-refractivity contribution < 1.29 is 14.3 Å². The van der Waals surface area contributed by atoms with Gasteiger partial charge in [0.2, 0.25) is 5.76 Å². The molecule has 0 saturated carbocycles. The molecule has 0 spiro atoms. The number of nitriles is 2. The van der Waals surface area contributed by atoms with Gasteiger partial charge in [-0.05, 0) is 30.3 Å². The number of aromatic carboxylic acids is 1. The Morgan fingerprint density at radius 3 is 2.55 bits per heavy atom. The van der Waals surface area contributed by atoms with Gasteiger partial charge in [0.25, 0.3) is 0 Å². The molecule has 2 rings (SSSR count). The number of benzene rings is 1. The maximum absolute atomic E-state index is 10.7. The van der Waals surface area contributed by atoms with Crippen molar-refractivity contribution in [1.82, 2.24) is 0 Å². The molecule has 20 heavy (non-hydrogen) atoms. The fraction of sp³-hybridized carbons (Fsp3) is 0.0714. The molecule has 0 bridgehead atoms. The molecule has 0 fully saturated rings. The first-order chi connectivity index (χ1) is 9.63. The number of nitrogens with one attached hydrogen (secondary N) is 1. The van der Waals surface area contributed by atoms with Crippen molar-refractivity contribution in [3.05, 3.63) is 53.0 Å². The number of rotatable bonds is 4. The third kappa shape index (κ3) is 2.77. The predicted octanol–water partition coefficient (Wildman–Crippen LogP) is 2.33. The molecule has 0 atom stereocenters. The third-order valence-corrected chi connectivity index (χ3v) is 2.60. The number of furan rings is 1. The molecule has 0 radical (unpaired) electrons. The molecule has 0 aliphatic heterocycles. The van der Waals surface area contributed by atoms with E-state index in [0.717, 1.165) is 0 Å². The lowest BCUT2D eigenvalue weighted by Gasteiger charge is -2.05. The van der Waals surface area contributed by atoms with Crippen LogP contribution in [0, 0.1) is 22.7 Å². The highest BCUT2D eigenvalue weighted by molar-refractivity contribution is 5.84. The minimum atomic E-state index is -1.12. The van der Waals surface area contributed by atoms with E-state index in [2.05, 4.69) is 5.32 Å². The summed E-state index contributed by atoms with van der Waals surface area (Å²) in [6.07, 6.45) is 0. The van der Waals surface area contributed by atoms with Crippen LogP contribution >= 0.6 is 0 Å². The summed E-state index contributed by atoms with van der Waals surface area (Å²) in [6.45, 7) is 0.282. The second-order valence-electron chi connectivity index (χ2n) is 3.91. The van der Waals surface area contributed by atoms with Crippen molar-refractivity contribution in [2.75, 3.05) is 5.32 Å². The predicted molar refractivity (Wildman–Crippen MR) is 68.9 cm³/mol. The van der Waals surface area contributed by atoms with Crippen LogP contribution in [0.3, 0.4) is 0 Å². The Kier molecular flexibility index (Phi) is 3.69. The summed E-state index contributed by atoms with van der Waals surface area (Å²) in [5, 5.41) is 29.4. The topological polar surface area (TPSA) is 110 Å². The molecule has 0 unspecified atom stereocenters. The zero-order valence-corrected chi connectivity index (χ0v) is 10.3. The van der Waals surface area contributed by atoms with Crippen LogP contribution in [-0.4, -0.2) is 11.1 Å². The monoisotopic (exact) mass is 267 g/mol. The van der Waals surface area contributed by atoms with E-state index in [0.29, 0.717) is 17.0 Å². The number of carbonyl (C=O) groups is 1. The van der Waals surface area contributed by atoms with Crippen molar-refractivity contribution in [3.63, 3.8) is 0 Å².